The van der Waals surface area contributed by atoms with Gasteiger partial charge in [0.2, 0.25) is 0 Å². The number of hydrogen-bond acceptors (Lipinski definition) is 5. The van der Waals surface area contributed by atoms with E-state index < -0.39 is 0 Å². The van der Waals surface area contributed by atoms with Crippen LogP contribution in [0.2, 0.25) is 0 Å². The van der Waals surface area contributed by atoms with Crippen molar-refractivity contribution in [2.45, 2.75) is 219 Å². The normalized spacial score (nSPS) is 11.2. The van der Waals surface area contributed by atoms with Crippen LogP contribution < -0.4 is 0 Å². The number of rotatable bonds is 38. The summed E-state index contributed by atoms with van der Waals surface area (Å²) in [5.41, 5.74) is 0. The number of hydrogen-bond donors (Lipinski definition) is 0. The van der Waals surface area contributed by atoms with Crippen molar-refractivity contribution in [2.75, 3.05) is 24.7 Å². The van der Waals surface area contributed by atoms with E-state index in [1.165, 1.54) is 191 Å². The maximum absolute atomic E-state index is 11.3. The van der Waals surface area contributed by atoms with E-state index in [9.17, 15) is 9.59 Å². The molecule has 0 saturated carbocycles. The maximum Gasteiger partial charge on any atom is 0.305 e. The number of carbonyl (C=O) groups excluding carboxylic acids is 2. The molecule has 0 N–H and O–H groups in total. The highest BCUT2D eigenvalue weighted by Crippen LogP contribution is 2.17. The van der Waals surface area contributed by atoms with Crippen LogP contribution in [-0.4, -0.2) is 36.7 Å². The predicted octanol–water partition coefficient (Wildman–Crippen LogP) is 13.3. The van der Waals surface area contributed by atoms with Crippen molar-refractivity contribution in [1.82, 2.24) is 0 Å². The lowest BCUT2D eigenvalue weighted by Gasteiger charge is -2.05. The van der Waals surface area contributed by atoms with Gasteiger partial charge in [0, 0.05) is 12.8 Å². The first-order valence-electron chi connectivity index (χ1n) is 20.1. The molecule has 0 spiro atoms. The summed E-state index contributed by atoms with van der Waals surface area (Å²) in [6.45, 7) is 4.76. The molecule has 4 nitrogen and oxygen atoms in total. The second-order valence-electron chi connectivity index (χ2n) is 13.3. The van der Waals surface area contributed by atoms with E-state index in [0.29, 0.717) is 26.1 Å². The van der Waals surface area contributed by atoms with Gasteiger partial charge in [-0.05, 0) is 51.0 Å². The van der Waals surface area contributed by atoms with Crippen LogP contribution >= 0.6 is 11.8 Å². The summed E-state index contributed by atoms with van der Waals surface area (Å²) in [6.07, 6.45) is 42.0. The fourth-order valence-corrected chi connectivity index (χ4v) is 7.13. The Morgan fingerprint density at radius 1 is 0.333 bits per heavy atom. The molecule has 0 aromatic rings. The summed E-state index contributed by atoms with van der Waals surface area (Å²) in [5.74, 6) is 2.69. The van der Waals surface area contributed by atoms with Gasteiger partial charge in [0.25, 0.3) is 0 Å². The molecular formula is C40H78O4S. The first-order chi connectivity index (χ1) is 22.2. The van der Waals surface area contributed by atoms with Gasteiger partial charge in [-0.1, -0.05) is 167 Å². The molecule has 0 unspecified atom stereocenters. The van der Waals surface area contributed by atoms with Crippen LogP contribution in [0.4, 0.5) is 0 Å². The van der Waals surface area contributed by atoms with Crippen molar-refractivity contribution in [3.05, 3.63) is 0 Å². The van der Waals surface area contributed by atoms with Crippen LogP contribution in [0.25, 0.3) is 0 Å². The molecule has 0 aliphatic carbocycles. The molecule has 0 radical (unpaired) electrons. The third-order valence-electron chi connectivity index (χ3n) is 8.95. The number of thioether (sulfide) groups is 1. The Labute approximate surface area is 286 Å². The standard InChI is InChI=1S/C40H78O4S/c1-3-43-39(41)35-31-27-23-19-15-11-7-5-9-13-17-21-25-29-33-37-45-38-34-30-26-22-18-14-10-6-8-12-16-20-24-28-32-36-40(42)44-4-2/h3-38H2,1-2H3. The number of esters is 2. The Bertz CT molecular complexity index is 547. The van der Waals surface area contributed by atoms with Gasteiger partial charge in [0.1, 0.15) is 0 Å². The zero-order valence-corrected chi connectivity index (χ0v) is 31.3. The molecule has 45 heavy (non-hydrogen) atoms. The number of unbranched alkanes of at least 4 members (excludes halogenated alkanes) is 28. The van der Waals surface area contributed by atoms with Gasteiger partial charge in [0.15, 0.2) is 0 Å². The van der Waals surface area contributed by atoms with Crippen LogP contribution in [0.15, 0.2) is 0 Å². The van der Waals surface area contributed by atoms with E-state index in [2.05, 4.69) is 11.8 Å². The average Bonchev–Trinajstić information content (AvgIpc) is 3.03. The van der Waals surface area contributed by atoms with Crippen molar-refractivity contribution in [1.29, 1.82) is 0 Å². The molecule has 0 saturated heterocycles. The Morgan fingerprint density at radius 2 is 0.533 bits per heavy atom. The second kappa shape index (κ2) is 39.5. The SMILES string of the molecule is CCOC(=O)CCCCCCCCCCCCCCCCCSCCCCCCCCCCCCCCCCCC(=O)OCC. The fraction of sp³-hybridized carbons (Fsp3) is 0.950. The van der Waals surface area contributed by atoms with Gasteiger partial charge in [-0.15, -0.1) is 0 Å². The largest absolute Gasteiger partial charge is 0.466 e. The van der Waals surface area contributed by atoms with Crippen molar-refractivity contribution >= 4 is 23.7 Å². The summed E-state index contributed by atoms with van der Waals surface area (Å²) >= 11 is 2.19. The van der Waals surface area contributed by atoms with Gasteiger partial charge < -0.3 is 9.47 Å². The quantitative estimate of drug-likeness (QED) is 0.0490. The first-order valence-corrected chi connectivity index (χ1v) is 21.2. The molecule has 0 atom stereocenters. The summed E-state index contributed by atoms with van der Waals surface area (Å²) in [6, 6.07) is 0. The Morgan fingerprint density at radius 3 is 0.756 bits per heavy atom. The van der Waals surface area contributed by atoms with Gasteiger partial charge in [-0.3, -0.25) is 9.59 Å². The molecule has 0 aromatic heterocycles. The van der Waals surface area contributed by atoms with Crippen molar-refractivity contribution in [2.24, 2.45) is 0 Å². The molecule has 0 aromatic carbocycles. The summed E-state index contributed by atoms with van der Waals surface area (Å²) in [4.78, 5) is 22.6. The zero-order valence-electron chi connectivity index (χ0n) is 30.5. The second-order valence-corrected chi connectivity index (χ2v) is 14.6. The number of carbonyl (C=O) groups is 2. The van der Waals surface area contributed by atoms with Crippen molar-refractivity contribution < 1.29 is 19.1 Å². The van der Waals surface area contributed by atoms with Gasteiger partial charge in [0.05, 0.1) is 13.2 Å². The molecule has 0 aliphatic heterocycles. The lowest BCUT2D eigenvalue weighted by Crippen LogP contribution is -2.03. The van der Waals surface area contributed by atoms with Crippen LogP contribution in [0, 0.1) is 0 Å². The highest BCUT2D eigenvalue weighted by molar-refractivity contribution is 7.99. The van der Waals surface area contributed by atoms with Crippen molar-refractivity contribution in [3.63, 3.8) is 0 Å². The molecular weight excluding hydrogens is 577 g/mol. The first kappa shape index (κ1) is 44.3. The molecule has 268 valence electrons. The van der Waals surface area contributed by atoms with Crippen LogP contribution in [0.5, 0.6) is 0 Å². The third kappa shape index (κ3) is 39.4. The van der Waals surface area contributed by atoms with Crippen LogP contribution in [0.3, 0.4) is 0 Å². The molecule has 0 amide bonds. The molecule has 0 bridgehead atoms. The Balaban J connectivity index is 3.08. The van der Waals surface area contributed by atoms with E-state index in [1.807, 2.05) is 13.8 Å². The predicted molar refractivity (Wildman–Crippen MR) is 198 cm³/mol. The monoisotopic (exact) mass is 655 g/mol. The Kier molecular flexibility index (Phi) is 38.8. The smallest absolute Gasteiger partial charge is 0.305 e. The lowest BCUT2D eigenvalue weighted by atomic mass is 10.0. The minimum Gasteiger partial charge on any atom is -0.466 e. The third-order valence-corrected chi connectivity index (χ3v) is 10.1. The van der Waals surface area contributed by atoms with E-state index in [1.54, 1.807) is 0 Å². The molecule has 0 aliphatic rings. The zero-order chi connectivity index (χ0) is 32.7. The fourth-order valence-electron chi connectivity index (χ4n) is 6.11. The van der Waals surface area contributed by atoms with Crippen LogP contribution in [-0.2, 0) is 19.1 Å². The van der Waals surface area contributed by atoms with Crippen molar-refractivity contribution in [3.8, 4) is 0 Å². The van der Waals surface area contributed by atoms with E-state index >= 15 is 0 Å². The molecule has 0 rings (SSSR count). The topological polar surface area (TPSA) is 52.6 Å². The number of ether oxygens (including phenoxy) is 2. The Hall–Kier alpha value is -0.710. The van der Waals surface area contributed by atoms with Crippen LogP contribution in [0.1, 0.15) is 219 Å². The van der Waals surface area contributed by atoms with E-state index in [0.717, 1.165) is 12.8 Å². The highest BCUT2D eigenvalue weighted by atomic mass is 32.2. The minimum absolute atomic E-state index is 0.0304. The van der Waals surface area contributed by atoms with Gasteiger partial charge >= 0.3 is 11.9 Å². The molecule has 0 heterocycles. The van der Waals surface area contributed by atoms with E-state index in [-0.39, 0.29) is 11.9 Å². The average molecular weight is 655 g/mol. The molecule has 5 heteroatoms. The maximum atomic E-state index is 11.3. The van der Waals surface area contributed by atoms with Gasteiger partial charge in [-0.2, -0.15) is 11.8 Å². The lowest BCUT2D eigenvalue weighted by molar-refractivity contribution is -0.144. The molecule has 0 fully saturated rings. The minimum atomic E-state index is -0.0304. The summed E-state index contributed by atoms with van der Waals surface area (Å²) in [5, 5.41) is 0. The summed E-state index contributed by atoms with van der Waals surface area (Å²) < 4.78 is 9.95. The van der Waals surface area contributed by atoms with E-state index in [4.69, 9.17) is 9.47 Å². The highest BCUT2D eigenvalue weighted by Gasteiger charge is 2.02. The summed E-state index contributed by atoms with van der Waals surface area (Å²) in [7, 11) is 0. The van der Waals surface area contributed by atoms with Gasteiger partial charge in [-0.25, -0.2) is 0 Å².